The predicted octanol–water partition coefficient (Wildman–Crippen LogP) is 1.60. The Bertz CT molecular complexity index is 294. The molecule has 1 aliphatic heterocycles. The Morgan fingerprint density at radius 1 is 1.21 bits per heavy atom. The summed E-state index contributed by atoms with van der Waals surface area (Å²) in [5.74, 6) is 0.902. The van der Waals surface area contributed by atoms with Gasteiger partial charge < -0.3 is 5.43 Å². The van der Waals surface area contributed by atoms with Crippen LogP contribution in [0.2, 0.25) is 0 Å². The second-order valence-electron chi connectivity index (χ2n) is 3.70. The number of nitrogens with zero attached hydrogens (tertiary/aromatic N) is 3. The highest BCUT2D eigenvalue weighted by Crippen LogP contribution is 2.10. The SMILES string of the molecule is Cc1cc(NN2CCCCC2)ncn1. The van der Waals surface area contributed by atoms with E-state index in [2.05, 4.69) is 20.4 Å². The molecular weight excluding hydrogens is 176 g/mol. The average Bonchev–Trinajstić information content (AvgIpc) is 2.19. The number of hydrogen-bond acceptors (Lipinski definition) is 4. The molecule has 2 heterocycles. The van der Waals surface area contributed by atoms with Gasteiger partial charge in [-0.3, -0.25) is 0 Å². The van der Waals surface area contributed by atoms with Gasteiger partial charge in [-0.05, 0) is 19.8 Å². The van der Waals surface area contributed by atoms with E-state index >= 15 is 0 Å². The minimum absolute atomic E-state index is 0.902. The molecule has 76 valence electrons. The van der Waals surface area contributed by atoms with Crippen LogP contribution in [0, 0.1) is 6.92 Å². The van der Waals surface area contributed by atoms with Crippen molar-refractivity contribution in [2.45, 2.75) is 26.2 Å². The van der Waals surface area contributed by atoms with Crippen molar-refractivity contribution < 1.29 is 0 Å². The molecule has 4 heteroatoms. The van der Waals surface area contributed by atoms with Crippen LogP contribution in [0.25, 0.3) is 0 Å². The first-order valence-electron chi connectivity index (χ1n) is 5.15. The van der Waals surface area contributed by atoms with Crippen molar-refractivity contribution in [1.29, 1.82) is 0 Å². The molecule has 1 aromatic rings. The Kier molecular flexibility index (Phi) is 2.93. The van der Waals surface area contributed by atoms with Crippen molar-refractivity contribution in [2.75, 3.05) is 18.5 Å². The first-order chi connectivity index (χ1) is 6.84. The Balaban J connectivity index is 1.95. The summed E-state index contributed by atoms with van der Waals surface area (Å²) < 4.78 is 0. The van der Waals surface area contributed by atoms with E-state index in [-0.39, 0.29) is 0 Å². The molecule has 1 aromatic heterocycles. The predicted molar refractivity (Wildman–Crippen MR) is 55.8 cm³/mol. The Morgan fingerprint density at radius 2 is 2.00 bits per heavy atom. The summed E-state index contributed by atoms with van der Waals surface area (Å²) in [6, 6.07) is 1.97. The minimum atomic E-state index is 0.902. The van der Waals surface area contributed by atoms with E-state index in [0.717, 1.165) is 24.6 Å². The smallest absolute Gasteiger partial charge is 0.143 e. The largest absolute Gasteiger partial charge is 0.303 e. The number of aromatic nitrogens is 2. The quantitative estimate of drug-likeness (QED) is 0.772. The fourth-order valence-corrected chi connectivity index (χ4v) is 1.68. The van der Waals surface area contributed by atoms with E-state index < -0.39 is 0 Å². The molecule has 0 atom stereocenters. The maximum Gasteiger partial charge on any atom is 0.143 e. The molecule has 4 nitrogen and oxygen atoms in total. The van der Waals surface area contributed by atoms with Crippen LogP contribution >= 0.6 is 0 Å². The van der Waals surface area contributed by atoms with Gasteiger partial charge in [-0.15, -0.1) is 0 Å². The van der Waals surface area contributed by atoms with Gasteiger partial charge in [-0.2, -0.15) is 0 Å². The van der Waals surface area contributed by atoms with E-state index in [1.165, 1.54) is 19.3 Å². The van der Waals surface area contributed by atoms with Gasteiger partial charge in [0.15, 0.2) is 0 Å². The number of nitrogens with one attached hydrogen (secondary N) is 1. The van der Waals surface area contributed by atoms with Gasteiger partial charge >= 0.3 is 0 Å². The molecule has 1 saturated heterocycles. The van der Waals surface area contributed by atoms with Gasteiger partial charge in [-0.1, -0.05) is 6.42 Å². The highest BCUT2D eigenvalue weighted by atomic mass is 15.5. The van der Waals surface area contributed by atoms with Crippen molar-refractivity contribution in [3.05, 3.63) is 18.1 Å². The number of piperidine rings is 1. The summed E-state index contributed by atoms with van der Waals surface area (Å²) in [5.41, 5.74) is 4.30. The van der Waals surface area contributed by atoms with Crippen molar-refractivity contribution >= 4 is 5.82 Å². The van der Waals surface area contributed by atoms with Gasteiger partial charge in [0.2, 0.25) is 0 Å². The zero-order valence-corrected chi connectivity index (χ0v) is 8.53. The highest BCUT2D eigenvalue weighted by Gasteiger charge is 2.09. The topological polar surface area (TPSA) is 41.0 Å². The van der Waals surface area contributed by atoms with E-state index in [1.807, 2.05) is 13.0 Å². The molecule has 0 aromatic carbocycles. The molecule has 14 heavy (non-hydrogen) atoms. The lowest BCUT2D eigenvalue weighted by Gasteiger charge is -2.27. The summed E-state index contributed by atoms with van der Waals surface area (Å²) in [6.45, 7) is 4.20. The lowest BCUT2D eigenvalue weighted by Crippen LogP contribution is -2.35. The lowest BCUT2D eigenvalue weighted by molar-refractivity contribution is 0.272. The summed E-state index contributed by atoms with van der Waals surface area (Å²) in [4.78, 5) is 8.23. The van der Waals surface area contributed by atoms with Crippen LogP contribution in [-0.4, -0.2) is 28.1 Å². The van der Waals surface area contributed by atoms with Crippen LogP contribution in [0.15, 0.2) is 12.4 Å². The molecule has 1 aliphatic rings. The van der Waals surface area contributed by atoms with Gasteiger partial charge in [0.25, 0.3) is 0 Å². The average molecular weight is 192 g/mol. The third kappa shape index (κ3) is 2.42. The van der Waals surface area contributed by atoms with Crippen LogP contribution in [0.5, 0.6) is 0 Å². The third-order valence-corrected chi connectivity index (χ3v) is 2.43. The van der Waals surface area contributed by atoms with Crippen molar-refractivity contribution in [1.82, 2.24) is 15.0 Å². The number of anilines is 1. The zero-order valence-electron chi connectivity index (χ0n) is 8.53. The van der Waals surface area contributed by atoms with Crippen molar-refractivity contribution in [3.63, 3.8) is 0 Å². The summed E-state index contributed by atoms with van der Waals surface area (Å²) in [7, 11) is 0. The lowest BCUT2D eigenvalue weighted by atomic mass is 10.2. The minimum Gasteiger partial charge on any atom is -0.303 e. The molecular formula is C10H16N4. The molecule has 0 radical (unpaired) electrons. The normalized spacial score (nSPS) is 18.1. The van der Waals surface area contributed by atoms with E-state index in [4.69, 9.17) is 0 Å². The van der Waals surface area contributed by atoms with Crippen LogP contribution in [0.1, 0.15) is 25.0 Å². The van der Waals surface area contributed by atoms with Gasteiger partial charge in [0, 0.05) is 24.8 Å². The van der Waals surface area contributed by atoms with Crippen LogP contribution in [-0.2, 0) is 0 Å². The summed E-state index contributed by atoms with van der Waals surface area (Å²) >= 11 is 0. The fraction of sp³-hybridized carbons (Fsp3) is 0.600. The first-order valence-corrected chi connectivity index (χ1v) is 5.15. The van der Waals surface area contributed by atoms with Crippen LogP contribution in [0.4, 0.5) is 5.82 Å². The second kappa shape index (κ2) is 4.37. The zero-order chi connectivity index (χ0) is 9.80. The monoisotopic (exact) mass is 192 g/mol. The molecule has 2 rings (SSSR count). The molecule has 0 amide bonds. The van der Waals surface area contributed by atoms with E-state index in [0.29, 0.717) is 0 Å². The Hall–Kier alpha value is -1.16. The second-order valence-corrected chi connectivity index (χ2v) is 3.70. The third-order valence-electron chi connectivity index (χ3n) is 2.43. The van der Waals surface area contributed by atoms with Crippen molar-refractivity contribution in [3.8, 4) is 0 Å². The standard InChI is InChI=1S/C10H16N4/c1-9-7-10(12-8-11-9)13-14-5-3-2-4-6-14/h7-8H,2-6H2,1H3,(H,11,12,13). The number of aryl methyl sites for hydroxylation is 1. The first kappa shape index (κ1) is 9.40. The van der Waals surface area contributed by atoms with Crippen LogP contribution < -0.4 is 5.43 Å². The van der Waals surface area contributed by atoms with Gasteiger partial charge in [-0.25, -0.2) is 15.0 Å². The molecule has 0 bridgehead atoms. The van der Waals surface area contributed by atoms with Gasteiger partial charge in [0.1, 0.15) is 12.1 Å². The number of rotatable bonds is 2. The molecule has 0 spiro atoms. The fourth-order valence-electron chi connectivity index (χ4n) is 1.68. The maximum atomic E-state index is 4.17. The maximum absolute atomic E-state index is 4.17. The summed E-state index contributed by atoms with van der Waals surface area (Å²) in [5, 5.41) is 2.23. The number of hydrogen-bond donors (Lipinski definition) is 1. The molecule has 0 aliphatic carbocycles. The molecule has 0 unspecified atom stereocenters. The van der Waals surface area contributed by atoms with E-state index in [1.54, 1.807) is 6.33 Å². The van der Waals surface area contributed by atoms with Crippen molar-refractivity contribution in [2.24, 2.45) is 0 Å². The number of hydrazine groups is 1. The molecule has 1 N–H and O–H groups in total. The van der Waals surface area contributed by atoms with E-state index in [9.17, 15) is 0 Å². The Morgan fingerprint density at radius 3 is 2.71 bits per heavy atom. The summed E-state index contributed by atoms with van der Waals surface area (Å²) in [6.07, 6.45) is 5.50. The van der Waals surface area contributed by atoms with Crippen LogP contribution in [0.3, 0.4) is 0 Å². The Labute approximate surface area is 84.3 Å². The highest BCUT2D eigenvalue weighted by molar-refractivity contribution is 5.33. The van der Waals surface area contributed by atoms with Gasteiger partial charge in [0.05, 0.1) is 0 Å². The molecule has 0 saturated carbocycles. The molecule has 1 fully saturated rings.